The van der Waals surface area contributed by atoms with E-state index in [0.717, 1.165) is 0 Å². The van der Waals surface area contributed by atoms with E-state index in [4.69, 9.17) is 9.47 Å². The number of hydrogen-bond donors (Lipinski definition) is 0. The Morgan fingerprint density at radius 1 is 1.31 bits per heavy atom. The predicted octanol–water partition coefficient (Wildman–Crippen LogP) is 2.11. The van der Waals surface area contributed by atoms with Crippen LogP contribution >= 0.6 is 11.8 Å². The molecular weight excluding hydrogens is 376 g/mol. The monoisotopic (exact) mass is 398 g/mol. The molecule has 2 fully saturated rings. The number of carbonyl (C=O) groups excluding carboxylic acids is 1. The molecule has 26 heavy (non-hydrogen) atoms. The standard InChI is InChI=1S/C17H22N2O5S2/c1-4-5-16(20)18-17-19(13-9-26(21,22)10-15(13)25-17)12-7-6-11(23-2)8-14(12)24-3/h6-8,13,15H,4-5,9-10H2,1-3H3/t13-,15+/m1/s1. The van der Waals surface area contributed by atoms with Gasteiger partial charge in [-0.3, -0.25) is 4.79 Å². The number of rotatable bonds is 5. The van der Waals surface area contributed by atoms with E-state index < -0.39 is 9.84 Å². The van der Waals surface area contributed by atoms with E-state index in [0.29, 0.717) is 35.2 Å². The molecule has 2 saturated heterocycles. The summed E-state index contributed by atoms with van der Waals surface area (Å²) >= 11 is 1.36. The van der Waals surface area contributed by atoms with Crippen molar-refractivity contribution in [3.05, 3.63) is 18.2 Å². The lowest BCUT2D eigenvalue weighted by Gasteiger charge is -2.26. The molecule has 2 heterocycles. The number of nitrogens with zero attached hydrogens (tertiary/aromatic N) is 2. The molecule has 3 rings (SSSR count). The van der Waals surface area contributed by atoms with Crippen LogP contribution in [0.15, 0.2) is 23.2 Å². The molecule has 1 amide bonds. The second-order valence-electron chi connectivity index (χ2n) is 6.25. The van der Waals surface area contributed by atoms with Crippen molar-refractivity contribution in [2.75, 3.05) is 30.6 Å². The van der Waals surface area contributed by atoms with Gasteiger partial charge in [0, 0.05) is 17.7 Å². The molecular formula is C17H22N2O5S2. The number of ether oxygens (including phenoxy) is 2. The average molecular weight is 399 g/mol. The van der Waals surface area contributed by atoms with Gasteiger partial charge in [0.1, 0.15) is 11.5 Å². The third kappa shape index (κ3) is 3.68. The zero-order chi connectivity index (χ0) is 18.9. The lowest BCUT2D eigenvalue weighted by Crippen LogP contribution is -2.38. The molecule has 2 atom stereocenters. The molecule has 0 unspecified atom stereocenters. The Labute approximate surface area is 157 Å². The van der Waals surface area contributed by atoms with Gasteiger partial charge in [-0.25, -0.2) is 8.42 Å². The summed E-state index contributed by atoms with van der Waals surface area (Å²) in [6.45, 7) is 1.92. The molecule has 0 saturated carbocycles. The number of sulfone groups is 1. The van der Waals surface area contributed by atoms with Crippen molar-refractivity contribution in [1.82, 2.24) is 0 Å². The van der Waals surface area contributed by atoms with E-state index >= 15 is 0 Å². The maximum absolute atomic E-state index is 12.1. The Kier molecular flexibility index (Phi) is 5.47. The maximum atomic E-state index is 12.1. The van der Waals surface area contributed by atoms with E-state index in [9.17, 15) is 13.2 Å². The van der Waals surface area contributed by atoms with E-state index in [1.807, 2.05) is 17.9 Å². The van der Waals surface area contributed by atoms with Crippen LogP contribution in [-0.2, 0) is 14.6 Å². The second kappa shape index (κ2) is 7.48. The first-order chi connectivity index (χ1) is 12.4. The average Bonchev–Trinajstić information content (AvgIpc) is 3.05. The minimum Gasteiger partial charge on any atom is -0.497 e. The van der Waals surface area contributed by atoms with Crippen LogP contribution in [0.1, 0.15) is 19.8 Å². The van der Waals surface area contributed by atoms with Gasteiger partial charge >= 0.3 is 0 Å². The van der Waals surface area contributed by atoms with Gasteiger partial charge in [0.2, 0.25) is 5.91 Å². The number of anilines is 1. The van der Waals surface area contributed by atoms with Crippen LogP contribution < -0.4 is 14.4 Å². The lowest BCUT2D eigenvalue weighted by molar-refractivity contribution is -0.117. The molecule has 1 aromatic carbocycles. The Morgan fingerprint density at radius 3 is 2.73 bits per heavy atom. The Bertz CT molecular complexity index is 838. The molecule has 2 aliphatic heterocycles. The summed E-state index contributed by atoms with van der Waals surface area (Å²) in [6.07, 6.45) is 1.08. The summed E-state index contributed by atoms with van der Waals surface area (Å²) in [7, 11) is 0.00169. The number of methoxy groups -OCH3 is 2. The molecule has 0 bridgehead atoms. The lowest BCUT2D eigenvalue weighted by atomic mass is 10.2. The van der Waals surface area contributed by atoms with Crippen molar-refractivity contribution in [2.24, 2.45) is 4.99 Å². The van der Waals surface area contributed by atoms with Gasteiger partial charge < -0.3 is 14.4 Å². The fourth-order valence-electron chi connectivity index (χ4n) is 3.21. The molecule has 2 aliphatic rings. The smallest absolute Gasteiger partial charge is 0.248 e. The number of benzene rings is 1. The third-order valence-corrected chi connectivity index (χ3v) is 7.61. The highest BCUT2D eigenvalue weighted by atomic mass is 32.2. The van der Waals surface area contributed by atoms with Crippen LogP contribution in [0.2, 0.25) is 0 Å². The largest absolute Gasteiger partial charge is 0.497 e. The highest BCUT2D eigenvalue weighted by Gasteiger charge is 2.50. The van der Waals surface area contributed by atoms with E-state index in [-0.39, 0.29) is 28.7 Å². The van der Waals surface area contributed by atoms with Crippen LogP contribution in [0.3, 0.4) is 0 Å². The molecule has 9 heteroatoms. The summed E-state index contributed by atoms with van der Waals surface area (Å²) in [6, 6.07) is 5.07. The Balaban J connectivity index is 2.05. The van der Waals surface area contributed by atoms with Gasteiger partial charge in [0.25, 0.3) is 0 Å². The highest BCUT2D eigenvalue weighted by Crippen LogP contribution is 2.44. The van der Waals surface area contributed by atoms with Crippen molar-refractivity contribution in [2.45, 2.75) is 31.1 Å². The van der Waals surface area contributed by atoms with Gasteiger partial charge in [0.15, 0.2) is 15.0 Å². The summed E-state index contributed by atoms with van der Waals surface area (Å²) in [5.74, 6) is 1.12. The van der Waals surface area contributed by atoms with E-state index in [2.05, 4.69) is 4.99 Å². The maximum Gasteiger partial charge on any atom is 0.248 e. The zero-order valence-electron chi connectivity index (χ0n) is 15.0. The van der Waals surface area contributed by atoms with Crippen LogP contribution in [0.4, 0.5) is 5.69 Å². The summed E-state index contributed by atoms with van der Waals surface area (Å²) in [5, 5.41) is 0.400. The summed E-state index contributed by atoms with van der Waals surface area (Å²) < 4.78 is 34.9. The van der Waals surface area contributed by atoms with Gasteiger partial charge in [-0.1, -0.05) is 18.7 Å². The van der Waals surface area contributed by atoms with Gasteiger partial charge in [0.05, 0.1) is 37.5 Å². The number of fused-ring (bicyclic) bond motifs is 1. The topological polar surface area (TPSA) is 85.3 Å². The fourth-order valence-corrected chi connectivity index (χ4v) is 7.13. The third-order valence-electron chi connectivity index (χ3n) is 4.40. The molecule has 142 valence electrons. The second-order valence-corrected chi connectivity index (χ2v) is 9.61. The number of thioether (sulfide) groups is 1. The predicted molar refractivity (Wildman–Crippen MR) is 103 cm³/mol. The summed E-state index contributed by atoms with van der Waals surface area (Å²) in [4.78, 5) is 18.2. The number of aliphatic imine (C=N–C) groups is 1. The molecule has 0 radical (unpaired) electrons. The highest BCUT2D eigenvalue weighted by molar-refractivity contribution is 8.16. The normalized spacial score (nSPS) is 25.3. The molecule has 0 aromatic heterocycles. The van der Waals surface area contributed by atoms with Crippen molar-refractivity contribution in [3.8, 4) is 11.5 Å². The Morgan fingerprint density at radius 2 is 2.08 bits per heavy atom. The molecule has 1 aromatic rings. The van der Waals surface area contributed by atoms with Crippen LogP contribution in [0.5, 0.6) is 11.5 Å². The van der Waals surface area contributed by atoms with Crippen molar-refractivity contribution in [1.29, 1.82) is 0 Å². The zero-order valence-corrected chi connectivity index (χ0v) is 16.6. The number of carbonyl (C=O) groups is 1. The van der Waals surface area contributed by atoms with Gasteiger partial charge in [-0.15, -0.1) is 0 Å². The van der Waals surface area contributed by atoms with Crippen molar-refractivity contribution in [3.63, 3.8) is 0 Å². The minimum atomic E-state index is -3.11. The minimum absolute atomic E-state index is 0.0425. The van der Waals surface area contributed by atoms with E-state index in [1.165, 1.54) is 11.8 Å². The summed E-state index contributed by atoms with van der Waals surface area (Å²) in [5.41, 5.74) is 0.688. The van der Waals surface area contributed by atoms with E-state index in [1.54, 1.807) is 26.4 Å². The molecule has 0 N–H and O–H groups in total. The first-order valence-electron chi connectivity index (χ1n) is 8.38. The van der Waals surface area contributed by atoms with Crippen LogP contribution in [0, 0.1) is 0 Å². The Hall–Kier alpha value is -1.74. The first-order valence-corrected chi connectivity index (χ1v) is 11.1. The van der Waals surface area contributed by atoms with Crippen molar-refractivity contribution < 1.29 is 22.7 Å². The molecule has 0 aliphatic carbocycles. The van der Waals surface area contributed by atoms with Crippen LogP contribution in [0.25, 0.3) is 0 Å². The quantitative estimate of drug-likeness (QED) is 0.751. The number of hydrogen-bond acceptors (Lipinski definition) is 6. The van der Waals surface area contributed by atoms with Crippen LogP contribution in [-0.4, -0.2) is 56.5 Å². The molecule has 7 nitrogen and oxygen atoms in total. The van der Waals surface area contributed by atoms with Gasteiger partial charge in [-0.2, -0.15) is 4.99 Å². The SMILES string of the molecule is CCCC(=O)N=C1S[C@H]2CS(=O)(=O)C[C@H]2N1c1ccc(OC)cc1OC. The fraction of sp³-hybridized carbons (Fsp3) is 0.529. The van der Waals surface area contributed by atoms with Gasteiger partial charge in [-0.05, 0) is 18.6 Å². The van der Waals surface area contributed by atoms with Crippen molar-refractivity contribution >= 4 is 38.4 Å². The first kappa shape index (κ1) is 19.0. The number of amides is 1. The number of amidine groups is 1. The molecule has 0 spiro atoms.